The largest absolute Gasteiger partial charge is 0.325 e. The molecule has 0 unspecified atom stereocenters. The van der Waals surface area contributed by atoms with Gasteiger partial charge in [-0.2, -0.15) is 16.9 Å². The summed E-state index contributed by atoms with van der Waals surface area (Å²) in [5.74, 6) is 2.52. The van der Waals surface area contributed by atoms with Crippen molar-refractivity contribution in [3.63, 3.8) is 0 Å². The summed E-state index contributed by atoms with van der Waals surface area (Å²) in [4.78, 5) is 0. The fourth-order valence-corrected chi connectivity index (χ4v) is 2.84. The minimum atomic E-state index is 0.592. The number of rotatable bonds is 2. The van der Waals surface area contributed by atoms with Crippen LogP contribution in [0.5, 0.6) is 0 Å². The van der Waals surface area contributed by atoms with E-state index < -0.39 is 0 Å². The van der Waals surface area contributed by atoms with E-state index in [1.165, 1.54) is 24.3 Å². The average molecular weight is 197 g/mol. The molecule has 1 aliphatic heterocycles. The van der Waals surface area contributed by atoms with E-state index in [-0.39, 0.29) is 0 Å². The zero-order valence-corrected chi connectivity index (χ0v) is 8.46. The van der Waals surface area contributed by atoms with Crippen molar-refractivity contribution < 1.29 is 0 Å². The summed E-state index contributed by atoms with van der Waals surface area (Å²) >= 11 is 2.04. The number of aromatic nitrogens is 2. The third-order valence-electron chi connectivity index (χ3n) is 2.50. The third-order valence-corrected chi connectivity index (χ3v) is 3.55. The van der Waals surface area contributed by atoms with Gasteiger partial charge in [0.05, 0.1) is 11.7 Å². The molecule has 4 heteroatoms. The lowest BCUT2D eigenvalue weighted by molar-refractivity contribution is 0.413. The zero-order valence-electron chi connectivity index (χ0n) is 7.65. The summed E-state index contributed by atoms with van der Waals surface area (Å²) in [5.41, 5.74) is 6.80. The summed E-state index contributed by atoms with van der Waals surface area (Å²) < 4.78 is 2.11. The first-order chi connectivity index (χ1) is 6.42. The molecule has 2 rings (SSSR count). The molecule has 0 atom stereocenters. The van der Waals surface area contributed by atoms with E-state index in [1.807, 2.05) is 24.0 Å². The maximum atomic E-state index is 5.64. The quantitative estimate of drug-likeness (QED) is 0.779. The molecule has 0 aliphatic carbocycles. The number of hydrogen-bond acceptors (Lipinski definition) is 3. The van der Waals surface area contributed by atoms with Crippen molar-refractivity contribution in [3.8, 4) is 0 Å². The summed E-state index contributed by atoms with van der Waals surface area (Å²) in [5, 5.41) is 4.34. The zero-order chi connectivity index (χ0) is 9.10. The summed E-state index contributed by atoms with van der Waals surface area (Å²) in [7, 11) is 0. The second-order valence-corrected chi connectivity index (χ2v) is 4.54. The molecule has 13 heavy (non-hydrogen) atoms. The minimum absolute atomic E-state index is 0.592. The van der Waals surface area contributed by atoms with Crippen molar-refractivity contribution in [2.45, 2.75) is 25.4 Å². The predicted octanol–water partition coefficient (Wildman–Crippen LogP) is 1.41. The first-order valence-electron chi connectivity index (χ1n) is 4.72. The van der Waals surface area contributed by atoms with E-state index in [2.05, 4.69) is 9.78 Å². The van der Waals surface area contributed by atoms with Crippen molar-refractivity contribution in [1.82, 2.24) is 9.78 Å². The van der Waals surface area contributed by atoms with Crippen LogP contribution in [0.1, 0.15) is 24.6 Å². The molecule has 0 saturated carbocycles. The number of hydrogen-bond donors (Lipinski definition) is 1. The molecule has 0 radical (unpaired) electrons. The van der Waals surface area contributed by atoms with E-state index >= 15 is 0 Å². The first kappa shape index (κ1) is 9.09. The van der Waals surface area contributed by atoms with Gasteiger partial charge in [0, 0.05) is 12.7 Å². The summed E-state index contributed by atoms with van der Waals surface area (Å²) in [6.45, 7) is 0.601. The second-order valence-electron chi connectivity index (χ2n) is 3.31. The van der Waals surface area contributed by atoms with Gasteiger partial charge in [0.2, 0.25) is 0 Å². The molecule has 1 aliphatic rings. The Kier molecular flexibility index (Phi) is 2.90. The maximum Gasteiger partial charge on any atom is 0.0538 e. The summed E-state index contributed by atoms with van der Waals surface area (Å²) in [6.07, 6.45) is 4.32. The van der Waals surface area contributed by atoms with Gasteiger partial charge in [-0.3, -0.25) is 4.68 Å². The normalized spacial score (nSPS) is 19.2. The van der Waals surface area contributed by atoms with E-state index in [4.69, 9.17) is 5.73 Å². The molecule has 1 saturated heterocycles. The third kappa shape index (κ3) is 1.89. The Labute approximate surface area is 82.7 Å². The molecule has 2 heterocycles. The second kappa shape index (κ2) is 4.15. The Morgan fingerprint density at radius 3 is 3.00 bits per heavy atom. The van der Waals surface area contributed by atoms with Crippen LogP contribution in [-0.4, -0.2) is 21.3 Å². The van der Waals surface area contributed by atoms with E-state index in [0.29, 0.717) is 12.6 Å². The van der Waals surface area contributed by atoms with E-state index in [1.54, 1.807) is 0 Å². The maximum absolute atomic E-state index is 5.64. The Morgan fingerprint density at radius 1 is 1.54 bits per heavy atom. The minimum Gasteiger partial charge on any atom is -0.325 e. The van der Waals surface area contributed by atoms with Crippen LogP contribution in [0.15, 0.2) is 12.3 Å². The first-order valence-corrected chi connectivity index (χ1v) is 5.87. The molecule has 0 amide bonds. The molecule has 2 N–H and O–H groups in total. The highest BCUT2D eigenvalue weighted by atomic mass is 32.2. The van der Waals surface area contributed by atoms with Crippen molar-refractivity contribution in [2.24, 2.45) is 5.73 Å². The van der Waals surface area contributed by atoms with Crippen LogP contribution >= 0.6 is 11.8 Å². The van der Waals surface area contributed by atoms with Crippen LogP contribution < -0.4 is 5.73 Å². The highest BCUT2D eigenvalue weighted by Gasteiger charge is 2.17. The van der Waals surface area contributed by atoms with E-state index in [9.17, 15) is 0 Å². The van der Waals surface area contributed by atoms with Gasteiger partial charge in [-0.25, -0.2) is 0 Å². The molecule has 1 fully saturated rings. The smallest absolute Gasteiger partial charge is 0.0538 e. The number of nitrogens with two attached hydrogens (primary N) is 1. The van der Waals surface area contributed by atoms with Crippen molar-refractivity contribution in [1.29, 1.82) is 0 Å². The Hall–Kier alpha value is -0.480. The van der Waals surface area contributed by atoms with E-state index in [0.717, 1.165) is 5.69 Å². The predicted molar refractivity (Wildman–Crippen MR) is 55.7 cm³/mol. The van der Waals surface area contributed by atoms with Gasteiger partial charge in [0.25, 0.3) is 0 Å². The monoisotopic (exact) mass is 197 g/mol. The highest BCUT2D eigenvalue weighted by Crippen LogP contribution is 2.27. The number of thioether (sulfide) groups is 1. The van der Waals surface area contributed by atoms with Gasteiger partial charge in [-0.15, -0.1) is 0 Å². The Balaban J connectivity index is 2.13. The lowest BCUT2D eigenvalue weighted by atomic mass is 10.1. The molecular formula is C9H15N3S. The van der Waals surface area contributed by atoms with Crippen LogP contribution in [-0.2, 0) is 6.54 Å². The fourth-order valence-electron chi connectivity index (χ4n) is 1.76. The van der Waals surface area contributed by atoms with Crippen LogP contribution in [0.25, 0.3) is 0 Å². The van der Waals surface area contributed by atoms with Crippen molar-refractivity contribution in [2.75, 3.05) is 11.5 Å². The van der Waals surface area contributed by atoms with Crippen LogP contribution in [0.3, 0.4) is 0 Å². The average Bonchev–Trinajstić information content (AvgIpc) is 2.67. The lowest BCUT2D eigenvalue weighted by Crippen LogP contribution is -2.19. The van der Waals surface area contributed by atoms with Crippen LogP contribution in [0, 0.1) is 0 Å². The van der Waals surface area contributed by atoms with Gasteiger partial charge in [-0.1, -0.05) is 0 Å². The van der Waals surface area contributed by atoms with Gasteiger partial charge in [0.15, 0.2) is 0 Å². The SMILES string of the molecule is NCc1ccnn1C1CCSCC1. The number of nitrogens with zero attached hydrogens (tertiary/aromatic N) is 2. The molecule has 1 aromatic heterocycles. The molecule has 0 bridgehead atoms. The topological polar surface area (TPSA) is 43.8 Å². The molecular weight excluding hydrogens is 182 g/mol. The van der Waals surface area contributed by atoms with Crippen molar-refractivity contribution in [3.05, 3.63) is 18.0 Å². The van der Waals surface area contributed by atoms with Crippen LogP contribution in [0.4, 0.5) is 0 Å². The van der Waals surface area contributed by atoms with Crippen LogP contribution in [0.2, 0.25) is 0 Å². The van der Waals surface area contributed by atoms with Gasteiger partial charge >= 0.3 is 0 Å². The molecule has 1 aromatic rings. The standard InChI is InChI=1S/C9H15N3S/c10-7-9-1-4-11-12(9)8-2-5-13-6-3-8/h1,4,8H,2-3,5-7,10H2. The molecule has 0 spiro atoms. The Bertz CT molecular complexity index is 266. The molecule has 0 aromatic carbocycles. The highest BCUT2D eigenvalue weighted by molar-refractivity contribution is 7.99. The fraction of sp³-hybridized carbons (Fsp3) is 0.667. The summed E-state index contributed by atoms with van der Waals surface area (Å²) in [6, 6.07) is 2.61. The molecule has 3 nitrogen and oxygen atoms in total. The lowest BCUT2D eigenvalue weighted by Gasteiger charge is -2.23. The van der Waals surface area contributed by atoms with Crippen molar-refractivity contribution >= 4 is 11.8 Å². The molecule has 72 valence electrons. The Morgan fingerprint density at radius 2 is 2.31 bits per heavy atom. The van der Waals surface area contributed by atoms with Gasteiger partial charge < -0.3 is 5.73 Å². The van der Waals surface area contributed by atoms with Gasteiger partial charge in [0.1, 0.15) is 0 Å². The van der Waals surface area contributed by atoms with Gasteiger partial charge in [-0.05, 0) is 30.4 Å².